The van der Waals surface area contributed by atoms with Crippen molar-refractivity contribution in [2.24, 2.45) is 0 Å². The van der Waals surface area contributed by atoms with Crippen molar-refractivity contribution in [2.75, 3.05) is 26.3 Å². The second-order valence-electron chi connectivity index (χ2n) is 4.54. The Morgan fingerprint density at radius 1 is 1.38 bits per heavy atom. The average Bonchev–Trinajstić information content (AvgIpc) is 2.83. The molecule has 90 valence electrons. The number of carbonyl (C=O) groups is 1. The molecule has 2 fully saturated rings. The summed E-state index contributed by atoms with van der Waals surface area (Å²) in [5, 5.41) is 2.96. The topological polar surface area (TPSA) is 41.6 Å². The number of piperidine rings is 1. The van der Waals surface area contributed by atoms with Gasteiger partial charge in [-0.2, -0.15) is 0 Å². The van der Waals surface area contributed by atoms with Crippen LogP contribution in [0.2, 0.25) is 0 Å². The molecular weight excluding hydrogens is 204 g/mol. The molecule has 2 aliphatic rings. The number of nitrogens with zero attached hydrogens (tertiary/aromatic N) is 1. The number of amides is 1. The molecule has 0 saturated carbocycles. The SMILES string of the molecule is C=CC(=O)NC1CCN(C2CCOC2)CC1. The van der Waals surface area contributed by atoms with Crippen LogP contribution >= 0.6 is 0 Å². The highest BCUT2D eigenvalue weighted by atomic mass is 16.5. The molecule has 0 spiro atoms. The molecule has 2 rings (SSSR count). The summed E-state index contributed by atoms with van der Waals surface area (Å²) in [6.45, 7) is 7.38. The Kier molecular flexibility index (Phi) is 3.96. The standard InChI is InChI=1S/C12H20N2O2/c1-2-12(15)13-10-3-6-14(7-4-10)11-5-8-16-9-11/h2,10-11H,1,3-9H2,(H,13,15). The van der Waals surface area contributed by atoms with E-state index in [2.05, 4.69) is 16.8 Å². The van der Waals surface area contributed by atoms with E-state index in [4.69, 9.17) is 4.74 Å². The summed E-state index contributed by atoms with van der Waals surface area (Å²) in [6, 6.07) is 0.931. The first-order chi connectivity index (χ1) is 7.79. The van der Waals surface area contributed by atoms with E-state index in [1.807, 2.05) is 0 Å². The number of nitrogens with one attached hydrogen (secondary N) is 1. The molecule has 16 heavy (non-hydrogen) atoms. The van der Waals surface area contributed by atoms with Crippen LogP contribution in [0.5, 0.6) is 0 Å². The summed E-state index contributed by atoms with van der Waals surface area (Å²) >= 11 is 0. The van der Waals surface area contributed by atoms with Gasteiger partial charge < -0.3 is 10.1 Å². The van der Waals surface area contributed by atoms with E-state index >= 15 is 0 Å². The number of carbonyl (C=O) groups excluding carboxylic acids is 1. The fourth-order valence-electron chi connectivity index (χ4n) is 2.48. The van der Waals surface area contributed by atoms with Crippen LogP contribution in [0, 0.1) is 0 Å². The first kappa shape index (κ1) is 11.6. The molecule has 0 aromatic carbocycles. The molecule has 0 aliphatic carbocycles. The minimum absolute atomic E-state index is 0.0531. The van der Waals surface area contributed by atoms with Crippen molar-refractivity contribution in [3.05, 3.63) is 12.7 Å². The van der Waals surface area contributed by atoms with Crippen LogP contribution in [-0.2, 0) is 9.53 Å². The third-order valence-electron chi connectivity index (χ3n) is 3.48. The molecule has 1 amide bonds. The van der Waals surface area contributed by atoms with Crippen LogP contribution < -0.4 is 5.32 Å². The number of ether oxygens (including phenoxy) is 1. The van der Waals surface area contributed by atoms with Gasteiger partial charge in [-0.3, -0.25) is 9.69 Å². The Labute approximate surface area is 96.6 Å². The second kappa shape index (κ2) is 5.46. The Morgan fingerprint density at radius 2 is 2.12 bits per heavy atom. The van der Waals surface area contributed by atoms with Crippen molar-refractivity contribution in [3.63, 3.8) is 0 Å². The van der Waals surface area contributed by atoms with Gasteiger partial charge in [-0.25, -0.2) is 0 Å². The number of rotatable bonds is 3. The van der Waals surface area contributed by atoms with Crippen LogP contribution in [0.25, 0.3) is 0 Å². The largest absolute Gasteiger partial charge is 0.380 e. The van der Waals surface area contributed by atoms with Crippen LogP contribution in [0.15, 0.2) is 12.7 Å². The Balaban J connectivity index is 1.73. The summed E-state index contributed by atoms with van der Waals surface area (Å²) in [5.74, 6) is -0.0531. The normalized spacial score (nSPS) is 27.9. The highest BCUT2D eigenvalue weighted by Crippen LogP contribution is 2.18. The van der Waals surface area contributed by atoms with Gasteiger partial charge in [-0.05, 0) is 25.3 Å². The van der Waals surface area contributed by atoms with Gasteiger partial charge >= 0.3 is 0 Å². The maximum absolute atomic E-state index is 11.2. The van der Waals surface area contributed by atoms with Crippen molar-refractivity contribution >= 4 is 5.91 Å². The zero-order chi connectivity index (χ0) is 11.4. The Bertz CT molecular complexity index is 254. The lowest BCUT2D eigenvalue weighted by Gasteiger charge is -2.35. The second-order valence-corrected chi connectivity index (χ2v) is 4.54. The summed E-state index contributed by atoms with van der Waals surface area (Å²) < 4.78 is 5.39. The molecule has 1 atom stereocenters. The minimum atomic E-state index is -0.0531. The molecule has 2 saturated heterocycles. The molecule has 2 aliphatic heterocycles. The van der Waals surface area contributed by atoms with Crippen molar-refractivity contribution in [3.8, 4) is 0 Å². The Hall–Kier alpha value is -0.870. The van der Waals surface area contributed by atoms with Crippen LogP contribution in [0.4, 0.5) is 0 Å². The van der Waals surface area contributed by atoms with Gasteiger partial charge in [0.1, 0.15) is 0 Å². The first-order valence-corrected chi connectivity index (χ1v) is 6.04. The highest BCUT2D eigenvalue weighted by molar-refractivity contribution is 5.87. The van der Waals surface area contributed by atoms with Gasteiger partial charge in [0.15, 0.2) is 0 Å². The van der Waals surface area contributed by atoms with E-state index in [9.17, 15) is 4.79 Å². The molecule has 4 nitrogen and oxygen atoms in total. The van der Waals surface area contributed by atoms with E-state index in [-0.39, 0.29) is 5.91 Å². The maximum atomic E-state index is 11.2. The summed E-state index contributed by atoms with van der Waals surface area (Å²) in [5.41, 5.74) is 0. The molecule has 0 bridgehead atoms. The molecule has 2 heterocycles. The van der Waals surface area contributed by atoms with Crippen molar-refractivity contribution in [1.29, 1.82) is 0 Å². The van der Waals surface area contributed by atoms with E-state index in [0.717, 1.165) is 45.6 Å². The van der Waals surface area contributed by atoms with E-state index < -0.39 is 0 Å². The van der Waals surface area contributed by atoms with Crippen molar-refractivity contribution in [1.82, 2.24) is 10.2 Å². The van der Waals surface area contributed by atoms with Crippen molar-refractivity contribution in [2.45, 2.75) is 31.3 Å². The van der Waals surface area contributed by atoms with Gasteiger partial charge in [0.05, 0.1) is 6.61 Å². The lowest BCUT2D eigenvalue weighted by molar-refractivity contribution is -0.117. The maximum Gasteiger partial charge on any atom is 0.243 e. The predicted molar refractivity (Wildman–Crippen MR) is 62.2 cm³/mol. The number of hydrogen-bond acceptors (Lipinski definition) is 3. The minimum Gasteiger partial charge on any atom is -0.380 e. The van der Waals surface area contributed by atoms with Gasteiger partial charge in [0, 0.05) is 31.8 Å². The van der Waals surface area contributed by atoms with E-state index in [1.165, 1.54) is 6.08 Å². The fraction of sp³-hybridized carbons (Fsp3) is 0.750. The third kappa shape index (κ3) is 2.83. The molecular formula is C12H20N2O2. The van der Waals surface area contributed by atoms with Crippen LogP contribution in [0.1, 0.15) is 19.3 Å². The average molecular weight is 224 g/mol. The monoisotopic (exact) mass is 224 g/mol. The van der Waals surface area contributed by atoms with Gasteiger partial charge in [0.2, 0.25) is 5.91 Å². The zero-order valence-electron chi connectivity index (χ0n) is 9.65. The quantitative estimate of drug-likeness (QED) is 0.712. The molecule has 1 N–H and O–H groups in total. The fourth-order valence-corrected chi connectivity index (χ4v) is 2.48. The molecule has 0 aromatic heterocycles. The zero-order valence-corrected chi connectivity index (χ0v) is 9.65. The lowest BCUT2D eigenvalue weighted by atomic mass is 10.0. The first-order valence-electron chi connectivity index (χ1n) is 6.04. The van der Waals surface area contributed by atoms with Gasteiger partial charge in [-0.15, -0.1) is 0 Å². The van der Waals surface area contributed by atoms with Crippen molar-refractivity contribution < 1.29 is 9.53 Å². The molecule has 0 radical (unpaired) electrons. The van der Waals surface area contributed by atoms with Crippen LogP contribution in [0.3, 0.4) is 0 Å². The van der Waals surface area contributed by atoms with Crippen LogP contribution in [-0.4, -0.2) is 49.2 Å². The summed E-state index contributed by atoms with van der Waals surface area (Å²) in [6.07, 6.45) is 4.58. The van der Waals surface area contributed by atoms with Gasteiger partial charge in [0.25, 0.3) is 0 Å². The Morgan fingerprint density at radius 3 is 2.69 bits per heavy atom. The predicted octanol–water partition coefficient (Wildman–Crippen LogP) is 0.542. The summed E-state index contributed by atoms with van der Waals surface area (Å²) in [7, 11) is 0. The molecule has 0 aromatic rings. The number of likely N-dealkylation sites (tertiary alicyclic amines) is 1. The molecule has 1 unspecified atom stereocenters. The van der Waals surface area contributed by atoms with Gasteiger partial charge in [-0.1, -0.05) is 6.58 Å². The highest BCUT2D eigenvalue weighted by Gasteiger charge is 2.27. The molecule has 4 heteroatoms. The lowest BCUT2D eigenvalue weighted by Crippen LogP contribution is -2.47. The smallest absolute Gasteiger partial charge is 0.243 e. The van der Waals surface area contributed by atoms with E-state index in [1.54, 1.807) is 0 Å². The summed E-state index contributed by atoms with van der Waals surface area (Å²) in [4.78, 5) is 13.6. The van der Waals surface area contributed by atoms with E-state index in [0.29, 0.717) is 12.1 Å². The number of hydrogen-bond donors (Lipinski definition) is 1. The third-order valence-corrected chi connectivity index (χ3v) is 3.48.